The van der Waals surface area contributed by atoms with Crippen molar-refractivity contribution < 1.29 is 19.5 Å². The van der Waals surface area contributed by atoms with Gasteiger partial charge in [-0.3, -0.25) is 9.13 Å². The first-order chi connectivity index (χ1) is 8.81. The van der Waals surface area contributed by atoms with Gasteiger partial charge in [0.25, 0.3) is 0 Å². The summed E-state index contributed by atoms with van der Waals surface area (Å²) in [7, 11) is -4.23. The quantitative estimate of drug-likeness (QED) is 0.518. The Morgan fingerprint density at radius 3 is 2.74 bits per heavy atom. The predicted octanol–water partition coefficient (Wildman–Crippen LogP) is -0.484. The third-order valence-electron chi connectivity index (χ3n) is 2.42. The number of hydrogen-bond acceptors (Lipinski definition) is 5. The van der Waals surface area contributed by atoms with Crippen LogP contribution in [0, 0.1) is 5.92 Å². The summed E-state index contributed by atoms with van der Waals surface area (Å²) in [5, 5.41) is 9.09. The summed E-state index contributed by atoms with van der Waals surface area (Å²) in [6, 6.07) is 1.47. The maximum atomic E-state index is 11.4. The molecule has 0 saturated heterocycles. The van der Waals surface area contributed by atoms with Gasteiger partial charge >= 0.3 is 13.3 Å². The molecule has 1 atom stereocenters. The van der Waals surface area contributed by atoms with Gasteiger partial charge in [0.05, 0.1) is 0 Å². The van der Waals surface area contributed by atoms with E-state index in [1.165, 1.54) is 22.9 Å². The van der Waals surface area contributed by atoms with Gasteiger partial charge in [-0.05, 0) is 12.5 Å². The summed E-state index contributed by atoms with van der Waals surface area (Å²) in [6.07, 6.45) is 3.07. The molecular formula is C10H16N3O5P. The molecule has 19 heavy (non-hydrogen) atoms. The minimum atomic E-state index is -4.23. The van der Waals surface area contributed by atoms with E-state index >= 15 is 0 Å². The highest BCUT2D eigenvalue weighted by Gasteiger charge is 2.10. The topological polar surface area (TPSA) is 139 Å². The van der Waals surface area contributed by atoms with Crippen LogP contribution in [0.2, 0.25) is 0 Å². The van der Waals surface area contributed by atoms with Gasteiger partial charge in [0.2, 0.25) is 0 Å². The van der Waals surface area contributed by atoms with Crippen LogP contribution in [0.15, 0.2) is 29.0 Å². The van der Waals surface area contributed by atoms with E-state index in [2.05, 4.69) is 4.98 Å². The molecule has 106 valence electrons. The first-order valence-corrected chi connectivity index (χ1v) is 7.18. The van der Waals surface area contributed by atoms with Gasteiger partial charge < -0.3 is 20.6 Å². The van der Waals surface area contributed by atoms with Crippen molar-refractivity contribution in [2.24, 2.45) is 5.92 Å². The van der Waals surface area contributed by atoms with Crippen LogP contribution in [-0.2, 0) is 11.1 Å². The van der Waals surface area contributed by atoms with E-state index in [1.54, 1.807) is 0 Å². The van der Waals surface area contributed by atoms with Crippen LogP contribution in [0.1, 0.15) is 6.42 Å². The standard InChI is InChI=1S/C10H16N3O5P/c11-9-2-5-13(10(15)12-9)4-1-8(7-14)3-6-19(16,17)18/h2-3,5-6,8,14H,1,4,7H2,(H2,11,12,15)(H2,16,17,18)/t8-/m1/s1. The van der Waals surface area contributed by atoms with Crippen LogP contribution in [-0.4, -0.2) is 31.1 Å². The Morgan fingerprint density at radius 2 is 2.21 bits per heavy atom. The second-order valence-corrected chi connectivity index (χ2v) is 5.47. The number of nitrogen functional groups attached to an aromatic ring is 1. The number of aromatic nitrogens is 2. The molecule has 0 bridgehead atoms. The van der Waals surface area contributed by atoms with Gasteiger partial charge in [-0.25, -0.2) is 4.79 Å². The van der Waals surface area contributed by atoms with E-state index in [4.69, 9.17) is 20.6 Å². The number of anilines is 1. The highest BCUT2D eigenvalue weighted by molar-refractivity contribution is 7.55. The molecule has 0 radical (unpaired) electrons. The molecule has 0 aliphatic heterocycles. The van der Waals surface area contributed by atoms with Crippen molar-refractivity contribution in [2.45, 2.75) is 13.0 Å². The second kappa shape index (κ2) is 6.63. The van der Waals surface area contributed by atoms with Crippen molar-refractivity contribution >= 4 is 13.4 Å². The molecule has 5 N–H and O–H groups in total. The van der Waals surface area contributed by atoms with Gasteiger partial charge in [0.1, 0.15) is 5.82 Å². The summed E-state index contributed by atoms with van der Waals surface area (Å²) in [5.41, 5.74) is 4.84. The SMILES string of the molecule is Nc1ccn(CC[C@H](C=CP(=O)(O)O)CO)c(=O)n1. The van der Waals surface area contributed by atoms with E-state index < -0.39 is 19.2 Å². The highest BCUT2D eigenvalue weighted by Crippen LogP contribution is 2.36. The van der Waals surface area contributed by atoms with E-state index in [9.17, 15) is 9.36 Å². The summed E-state index contributed by atoms with van der Waals surface area (Å²) < 4.78 is 12.0. The Bertz CT molecular complexity index is 550. The predicted molar refractivity (Wildman–Crippen MR) is 69.3 cm³/mol. The van der Waals surface area contributed by atoms with Crippen LogP contribution in [0.3, 0.4) is 0 Å². The van der Waals surface area contributed by atoms with Crippen molar-refractivity contribution in [2.75, 3.05) is 12.3 Å². The minimum Gasteiger partial charge on any atom is -0.396 e. The molecule has 1 aromatic heterocycles. The lowest BCUT2D eigenvalue weighted by Gasteiger charge is -2.10. The Kier molecular flexibility index (Phi) is 5.44. The monoisotopic (exact) mass is 289 g/mol. The van der Waals surface area contributed by atoms with Gasteiger partial charge in [-0.15, -0.1) is 0 Å². The van der Waals surface area contributed by atoms with Crippen molar-refractivity contribution in [1.29, 1.82) is 0 Å². The molecule has 0 aliphatic carbocycles. The molecule has 1 aromatic rings. The Balaban J connectivity index is 2.66. The normalized spacial score (nSPS) is 13.8. The lowest BCUT2D eigenvalue weighted by atomic mass is 10.1. The number of hydrogen-bond donors (Lipinski definition) is 4. The Hall–Kier alpha value is -1.47. The number of nitrogens with two attached hydrogens (primary N) is 1. The van der Waals surface area contributed by atoms with Gasteiger partial charge in [0, 0.05) is 31.1 Å². The number of aryl methyl sites for hydroxylation is 1. The van der Waals surface area contributed by atoms with Crippen molar-refractivity contribution in [3.05, 3.63) is 34.6 Å². The van der Waals surface area contributed by atoms with Crippen molar-refractivity contribution in [1.82, 2.24) is 9.55 Å². The molecule has 0 aromatic carbocycles. The molecular weight excluding hydrogens is 273 g/mol. The average Bonchev–Trinajstić information content (AvgIpc) is 2.30. The van der Waals surface area contributed by atoms with E-state index in [1.807, 2.05) is 0 Å². The molecule has 0 aliphatic rings. The zero-order chi connectivity index (χ0) is 14.5. The minimum absolute atomic E-state index is 0.126. The van der Waals surface area contributed by atoms with Gasteiger partial charge in [0.15, 0.2) is 0 Å². The molecule has 1 rings (SSSR count). The molecule has 0 spiro atoms. The van der Waals surface area contributed by atoms with Gasteiger partial charge in [-0.2, -0.15) is 4.98 Å². The van der Waals surface area contributed by atoms with E-state index in [0.29, 0.717) is 6.42 Å². The zero-order valence-electron chi connectivity index (χ0n) is 10.1. The van der Waals surface area contributed by atoms with E-state index in [0.717, 1.165) is 5.82 Å². The molecule has 0 fully saturated rings. The third-order valence-corrected chi connectivity index (χ3v) is 2.98. The average molecular weight is 289 g/mol. The van der Waals surface area contributed by atoms with Gasteiger partial charge in [-0.1, -0.05) is 6.08 Å². The maximum Gasteiger partial charge on any atom is 0.349 e. The first-order valence-electron chi connectivity index (χ1n) is 5.50. The fraction of sp³-hybridized carbons (Fsp3) is 0.400. The highest BCUT2D eigenvalue weighted by atomic mass is 31.2. The summed E-state index contributed by atoms with van der Waals surface area (Å²) in [4.78, 5) is 32.3. The largest absolute Gasteiger partial charge is 0.396 e. The third kappa shape index (κ3) is 5.80. The Labute approximate surface area is 109 Å². The fourth-order valence-corrected chi connectivity index (χ4v) is 1.87. The number of rotatable bonds is 6. The van der Waals surface area contributed by atoms with Crippen LogP contribution in [0.5, 0.6) is 0 Å². The van der Waals surface area contributed by atoms with Crippen LogP contribution < -0.4 is 11.4 Å². The van der Waals surface area contributed by atoms with Crippen LogP contribution in [0.25, 0.3) is 0 Å². The lowest BCUT2D eigenvalue weighted by molar-refractivity contribution is 0.241. The molecule has 9 heteroatoms. The molecule has 0 saturated carbocycles. The zero-order valence-corrected chi connectivity index (χ0v) is 11.0. The molecule has 0 unspecified atom stereocenters. The van der Waals surface area contributed by atoms with E-state index in [-0.39, 0.29) is 19.0 Å². The van der Waals surface area contributed by atoms with Crippen molar-refractivity contribution in [3.8, 4) is 0 Å². The number of nitrogens with zero attached hydrogens (tertiary/aromatic N) is 2. The number of aliphatic hydroxyl groups excluding tert-OH is 1. The van der Waals surface area contributed by atoms with Crippen molar-refractivity contribution in [3.63, 3.8) is 0 Å². The second-order valence-electron chi connectivity index (χ2n) is 3.99. The molecule has 8 nitrogen and oxygen atoms in total. The fourth-order valence-electron chi connectivity index (χ4n) is 1.40. The Morgan fingerprint density at radius 1 is 1.53 bits per heavy atom. The molecule has 0 amide bonds. The van der Waals surface area contributed by atoms with Crippen LogP contribution >= 0.6 is 7.60 Å². The number of aliphatic hydroxyl groups is 1. The summed E-state index contributed by atoms with van der Waals surface area (Å²) in [6.45, 7) is -0.00348. The lowest BCUT2D eigenvalue weighted by Crippen LogP contribution is -2.24. The summed E-state index contributed by atoms with van der Waals surface area (Å²) in [5.74, 6) is 0.427. The molecule has 1 heterocycles. The first kappa shape index (κ1) is 15.6. The van der Waals surface area contributed by atoms with Crippen LogP contribution in [0.4, 0.5) is 5.82 Å². The maximum absolute atomic E-state index is 11.4. The smallest absolute Gasteiger partial charge is 0.349 e. The summed E-state index contributed by atoms with van der Waals surface area (Å²) >= 11 is 0.